The van der Waals surface area contributed by atoms with Crippen LogP contribution in [0.3, 0.4) is 0 Å². The van der Waals surface area contributed by atoms with Crippen LogP contribution < -0.4 is 5.32 Å². The maximum absolute atomic E-state index is 10.8. The number of ether oxygens (including phenoxy) is 1. The Morgan fingerprint density at radius 1 is 1.62 bits per heavy atom. The molecule has 1 fully saturated rings. The van der Waals surface area contributed by atoms with Gasteiger partial charge in [-0.3, -0.25) is 4.79 Å². The van der Waals surface area contributed by atoms with E-state index in [4.69, 9.17) is 4.74 Å². The number of rotatable bonds is 1. The summed E-state index contributed by atoms with van der Waals surface area (Å²) in [5.74, 6) is -0.0236. The molecule has 1 saturated heterocycles. The van der Waals surface area contributed by atoms with Gasteiger partial charge in [0.15, 0.2) is 0 Å². The van der Waals surface area contributed by atoms with E-state index in [0.29, 0.717) is 6.54 Å². The first kappa shape index (κ1) is 8.72. The van der Waals surface area contributed by atoms with Crippen LogP contribution >= 0.6 is 11.3 Å². The van der Waals surface area contributed by atoms with Crippen molar-refractivity contribution in [1.29, 1.82) is 0 Å². The molecule has 70 valence electrons. The zero-order valence-corrected chi connectivity index (χ0v) is 8.19. The van der Waals surface area contributed by atoms with E-state index >= 15 is 0 Å². The lowest BCUT2D eigenvalue weighted by Crippen LogP contribution is -2.38. The molecule has 0 radical (unpaired) electrons. The van der Waals surface area contributed by atoms with Gasteiger partial charge in [0.05, 0.1) is 0 Å². The highest BCUT2D eigenvalue weighted by Crippen LogP contribution is 2.26. The number of carbonyl (C=O) groups excluding carboxylic acids is 1. The molecule has 1 aliphatic heterocycles. The van der Waals surface area contributed by atoms with Crippen molar-refractivity contribution >= 4 is 17.2 Å². The van der Waals surface area contributed by atoms with Crippen molar-refractivity contribution in [2.75, 3.05) is 13.2 Å². The molecule has 13 heavy (non-hydrogen) atoms. The van der Waals surface area contributed by atoms with Gasteiger partial charge in [-0.1, -0.05) is 0 Å². The van der Waals surface area contributed by atoms with Crippen LogP contribution in [0.5, 0.6) is 0 Å². The van der Waals surface area contributed by atoms with E-state index in [1.54, 1.807) is 11.3 Å². The molecule has 1 N–H and O–H groups in total. The van der Waals surface area contributed by atoms with Crippen molar-refractivity contribution < 1.29 is 9.53 Å². The molecular formula is C9H11NO2S. The van der Waals surface area contributed by atoms with Crippen molar-refractivity contribution in [1.82, 2.24) is 5.32 Å². The van der Waals surface area contributed by atoms with Crippen LogP contribution in [0.15, 0.2) is 12.1 Å². The van der Waals surface area contributed by atoms with Gasteiger partial charge in [0.25, 0.3) is 0 Å². The first-order valence-electron chi connectivity index (χ1n) is 4.20. The van der Waals surface area contributed by atoms with Crippen molar-refractivity contribution in [3.8, 4) is 0 Å². The smallest absolute Gasteiger partial charge is 0.246 e. The summed E-state index contributed by atoms with van der Waals surface area (Å²) < 4.78 is 5.39. The summed E-state index contributed by atoms with van der Waals surface area (Å²) in [6.07, 6.45) is 0.0522. The van der Waals surface area contributed by atoms with Gasteiger partial charge in [-0.2, -0.15) is 0 Å². The minimum Gasteiger partial charge on any atom is -0.361 e. The van der Waals surface area contributed by atoms with Crippen LogP contribution in [0.1, 0.15) is 15.9 Å². The van der Waals surface area contributed by atoms with Crippen LogP contribution in [0.25, 0.3) is 0 Å². The van der Waals surface area contributed by atoms with E-state index in [9.17, 15) is 4.79 Å². The topological polar surface area (TPSA) is 38.3 Å². The van der Waals surface area contributed by atoms with Crippen LogP contribution in [0.2, 0.25) is 0 Å². The Labute approximate surface area is 80.7 Å². The number of aryl methyl sites for hydroxylation is 1. The molecule has 0 spiro atoms. The van der Waals surface area contributed by atoms with Gasteiger partial charge in [-0.25, -0.2) is 0 Å². The number of thiophene rings is 1. The maximum Gasteiger partial charge on any atom is 0.246 e. The van der Waals surface area contributed by atoms with E-state index in [-0.39, 0.29) is 18.6 Å². The highest BCUT2D eigenvalue weighted by Gasteiger charge is 2.20. The molecule has 1 unspecified atom stereocenters. The maximum atomic E-state index is 10.8. The monoisotopic (exact) mass is 197 g/mol. The molecule has 0 aromatic carbocycles. The van der Waals surface area contributed by atoms with Gasteiger partial charge < -0.3 is 10.1 Å². The van der Waals surface area contributed by atoms with E-state index in [1.807, 2.05) is 0 Å². The van der Waals surface area contributed by atoms with Gasteiger partial charge in [0.1, 0.15) is 12.7 Å². The zero-order valence-electron chi connectivity index (χ0n) is 7.37. The summed E-state index contributed by atoms with van der Waals surface area (Å²) in [4.78, 5) is 13.3. The summed E-state index contributed by atoms with van der Waals surface area (Å²) in [7, 11) is 0. The van der Waals surface area contributed by atoms with Gasteiger partial charge >= 0.3 is 0 Å². The Balaban J connectivity index is 2.06. The summed E-state index contributed by atoms with van der Waals surface area (Å²) in [6, 6.07) is 4.13. The molecule has 1 aromatic heterocycles. The lowest BCUT2D eigenvalue weighted by atomic mass is 10.2. The molecule has 1 aliphatic rings. The molecule has 1 amide bonds. The number of carbonyl (C=O) groups is 1. The molecule has 0 aliphatic carbocycles. The molecule has 1 aromatic rings. The quantitative estimate of drug-likeness (QED) is 0.735. The fourth-order valence-corrected chi connectivity index (χ4v) is 2.23. The highest BCUT2D eigenvalue weighted by atomic mass is 32.1. The summed E-state index contributed by atoms with van der Waals surface area (Å²) in [5, 5.41) is 2.78. The second-order valence-corrected chi connectivity index (χ2v) is 4.37. The van der Waals surface area contributed by atoms with Crippen molar-refractivity contribution in [3.05, 3.63) is 21.9 Å². The third-order valence-electron chi connectivity index (χ3n) is 1.98. The van der Waals surface area contributed by atoms with E-state index < -0.39 is 0 Å². The first-order chi connectivity index (χ1) is 6.25. The van der Waals surface area contributed by atoms with Gasteiger partial charge in [-0.05, 0) is 19.1 Å². The number of hydrogen-bond acceptors (Lipinski definition) is 3. The molecule has 0 bridgehead atoms. The standard InChI is InChI=1S/C9H11NO2S/c1-6-2-3-8(13-6)7-4-10-9(11)5-12-7/h2-3,7H,4-5H2,1H3,(H,10,11). The fraction of sp³-hybridized carbons (Fsp3) is 0.444. The Morgan fingerprint density at radius 3 is 3.00 bits per heavy atom. The third kappa shape index (κ3) is 1.89. The largest absolute Gasteiger partial charge is 0.361 e. The molecule has 1 atom stereocenters. The highest BCUT2D eigenvalue weighted by molar-refractivity contribution is 7.12. The average Bonchev–Trinajstić information content (AvgIpc) is 2.53. The first-order valence-corrected chi connectivity index (χ1v) is 5.02. The molecule has 3 nitrogen and oxygen atoms in total. The Bertz CT molecular complexity index is 311. The lowest BCUT2D eigenvalue weighted by molar-refractivity contribution is -0.133. The predicted octanol–water partition coefficient (Wildman–Crippen LogP) is 1.24. The SMILES string of the molecule is Cc1ccc(C2CNC(=O)CO2)s1. The number of amides is 1. The normalized spacial score (nSPS) is 22.8. The second kappa shape index (κ2) is 3.47. The third-order valence-corrected chi connectivity index (χ3v) is 3.07. The van der Waals surface area contributed by atoms with E-state index in [1.165, 1.54) is 9.75 Å². The van der Waals surface area contributed by atoms with E-state index in [0.717, 1.165) is 0 Å². The zero-order chi connectivity index (χ0) is 9.26. The van der Waals surface area contributed by atoms with Gasteiger partial charge in [-0.15, -0.1) is 11.3 Å². The number of hydrogen-bond donors (Lipinski definition) is 1. The number of nitrogens with one attached hydrogen (secondary N) is 1. The molecule has 2 rings (SSSR count). The summed E-state index contributed by atoms with van der Waals surface area (Å²) in [6.45, 7) is 2.84. The summed E-state index contributed by atoms with van der Waals surface area (Å²) >= 11 is 1.72. The minimum absolute atomic E-state index is 0.0236. The predicted molar refractivity (Wildman–Crippen MR) is 50.8 cm³/mol. The van der Waals surface area contributed by atoms with Gasteiger partial charge in [0, 0.05) is 16.3 Å². The Morgan fingerprint density at radius 2 is 2.46 bits per heavy atom. The van der Waals surface area contributed by atoms with E-state index in [2.05, 4.69) is 24.4 Å². The lowest BCUT2D eigenvalue weighted by Gasteiger charge is -2.21. The fourth-order valence-electron chi connectivity index (χ4n) is 1.30. The van der Waals surface area contributed by atoms with Crippen LogP contribution in [0, 0.1) is 6.92 Å². The summed E-state index contributed by atoms with van der Waals surface area (Å²) in [5.41, 5.74) is 0. The molecular weight excluding hydrogens is 186 g/mol. The average molecular weight is 197 g/mol. The van der Waals surface area contributed by atoms with Crippen molar-refractivity contribution in [3.63, 3.8) is 0 Å². The molecule has 0 saturated carbocycles. The van der Waals surface area contributed by atoms with Crippen LogP contribution in [0.4, 0.5) is 0 Å². The van der Waals surface area contributed by atoms with Crippen molar-refractivity contribution in [2.45, 2.75) is 13.0 Å². The van der Waals surface area contributed by atoms with Crippen molar-refractivity contribution in [2.24, 2.45) is 0 Å². The Kier molecular flexibility index (Phi) is 2.33. The number of morpholine rings is 1. The second-order valence-electron chi connectivity index (χ2n) is 3.05. The molecule has 4 heteroatoms. The minimum atomic E-state index is -0.0236. The molecule has 2 heterocycles. The van der Waals surface area contributed by atoms with Gasteiger partial charge in [0.2, 0.25) is 5.91 Å². The van der Waals surface area contributed by atoms with Crippen LogP contribution in [-0.4, -0.2) is 19.1 Å². The Hall–Kier alpha value is -0.870. The van der Waals surface area contributed by atoms with Crippen LogP contribution in [-0.2, 0) is 9.53 Å².